The van der Waals surface area contributed by atoms with Crippen molar-refractivity contribution in [2.24, 2.45) is 0 Å². The number of aliphatic hydroxyl groups excluding tert-OH is 1. The van der Waals surface area contributed by atoms with Crippen LogP contribution in [0.2, 0.25) is 153 Å². The highest BCUT2D eigenvalue weighted by molar-refractivity contribution is 6.86. The second-order valence-electron chi connectivity index (χ2n) is 37.2. The number of para-hydroxylation sites is 2. The molecule has 628 valence electrons. The lowest BCUT2D eigenvalue weighted by Gasteiger charge is -2.34. The molecule has 0 atom stereocenters. The first-order valence-electron chi connectivity index (χ1n) is 42.4. The van der Waals surface area contributed by atoms with E-state index in [1.165, 1.54) is 87.1 Å². The molecule has 0 saturated carbocycles. The molecule has 0 radical (unpaired) electrons. The fourth-order valence-electron chi connectivity index (χ4n) is 15.8. The van der Waals surface area contributed by atoms with Crippen LogP contribution >= 0.6 is 0 Å². The Balaban J connectivity index is 0.000000272. The number of hydrogen-bond acceptors (Lipinski definition) is 11. The van der Waals surface area contributed by atoms with Gasteiger partial charge in [-0.15, -0.1) is 0 Å². The summed E-state index contributed by atoms with van der Waals surface area (Å²) in [6.45, 7) is 48.1. The molecule has 0 unspecified atom stereocenters. The lowest BCUT2D eigenvalue weighted by atomic mass is 10.0. The van der Waals surface area contributed by atoms with Gasteiger partial charge in [-0.3, -0.25) is 0 Å². The largest absolute Gasteiger partial charge is 0.508 e. The van der Waals surface area contributed by atoms with Gasteiger partial charge < -0.3 is 51.8 Å². The first-order chi connectivity index (χ1) is 53.4. The number of benzene rings is 8. The maximum absolute atomic E-state index is 9.91. The van der Waals surface area contributed by atoms with E-state index in [1.54, 1.807) is 37.4 Å². The summed E-state index contributed by atoms with van der Waals surface area (Å²) >= 11 is 0. The first kappa shape index (κ1) is 98.7. The van der Waals surface area contributed by atoms with E-state index in [4.69, 9.17) is 21.2 Å². The van der Waals surface area contributed by atoms with Crippen molar-refractivity contribution in [3.63, 3.8) is 0 Å². The zero-order chi connectivity index (χ0) is 84.6. The van der Waals surface area contributed by atoms with Gasteiger partial charge in [-0.25, -0.2) is 0 Å². The van der Waals surface area contributed by atoms with Crippen LogP contribution in [0.3, 0.4) is 0 Å². The average molecular weight is 1690 g/mol. The topological polar surface area (TPSA) is 168 Å². The summed E-state index contributed by atoms with van der Waals surface area (Å²) in [4.78, 5) is 0. The molecule has 11 nitrogen and oxygen atoms in total. The van der Waals surface area contributed by atoms with E-state index in [-0.39, 0.29) is 12.4 Å². The minimum atomic E-state index is -1.73. The summed E-state index contributed by atoms with van der Waals surface area (Å²) in [7, 11) is -11.7. The molecule has 0 aliphatic carbocycles. The third-order valence-electron chi connectivity index (χ3n) is 21.8. The molecule has 0 aliphatic heterocycles. The number of aliphatic hydroxyl groups is 1. The number of aromatic hydroxyl groups is 5. The highest BCUT2D eigenvalue weighted by Crippen LogP contribution is 2.33. The van der Waals surface area contributed by atoms with Gasteiger partial charge in [0, 0.05) is 5.56 Å². The van der Waals surface area contributed by atoms with Crippen LogP contribution in [0.25, 0.3) is 0 Å². The zero-order valence-electron chi connectivity index (χ0n) is 74.6. The van der Waals surface area contributed by atoms with Crippen molar-refractivity contribution in [1.29, 1.82) is 0 Å². The number of rotatable bonds is 42. The van der Waals surface area contributed by atoms with Crippen LogP contribution < -0.4 is 4.74 Å². The zero-order valence-corrected chi connectivity index (χ0v) is 82.6. The molecule has 0 saturated heterocycles. The molecular formula is C95H150O11Si8. The van der Waals surface area contributed by atoms with Crippen LogP contribution in [0.1, 0.15) is 129 Å². The van der Waals surface area contributed by atoms with Crippen molar-refractivity contribution in [3.05, 3.63) is 248 Å². The number of aryl methyl sites for hydroxylation is 13. The van der Waals surface area contributed by atoms with Crippen LogP contribution in [0.15, 0.2) is 170 Å². The van der Waals surface area contributed by atoms with E-state index >= 15 is 0 Å². The Kier molecular flexibility index (Phi) is 40.7. The van der Waals surface area contributed by atoms with Crippen LogP contribution in [0, 0.1) is 34.6 Å². The molecule has 8 aromatic carbocycles. The molecule has 0 fully saturated rings. The molecule has 0 aliphatic rings. The standard InChI is InChI=1S/C25H40O4Si2.C25H40O2Si2.C23H36O2Si2.C22H34O3Si2/c1-20-11-12-22(18-25(20)28-2)10-8-16-31(5,6)29-30(3,4)15-7-9-21-13-14-24(27)23(17-21)19-26;1-20-12-13-23(18-21(20)2)10-8-16-28(4,5)27-29(6,7)17-9-11-24-14-15-25(26)22(3)19-24;1-20-10-12-21(13-11-20)8-6-18-26(2,3)25-27(4,5)19-7-9-22-14-16-23(24)17-15-22;1-26(2,17-9-13-19-11-5-7-15-21(19)23)25-27(3,4)18-10-14-20-12-6-8-16-22(20)24/h11-14,17-18,26-27H,7-10,15-16,19H2,1-6H3;12-15,18-19,26H,8-11,16-17H2,1-7H3;10-17,24H,6-9,18-19H2,1-5H3;5-8,11-12,15-16,23-24H,9-10,13-14,17-18H2,1-4H3. The molecular weight excluding hydrogens is 1540 g/mol. The Morgan fingerprint density at radius 2 is 0.535 bits per heavy atom. The number of phenols is 5. The van der Waals surface area contributed by atoms with E-state index < -0.39 is 66.5 Å². The van der Waals surface area contributed by atoms with Crippen LogP contribution in [-0.4, -0.2) is 104 Å². The van der Waals surface area contributed by atoms with Gasteiger partial charge in [0.1, 0.15) is 34.5 Å². The summed E-state index contributed by atoms with van der Waals surface area (Å²) < 4.78 is 32.6. The van der Waals surface area contributed by atoms with Crippen LogP contribution in [0.5, 0.6) is 34.5 Å². The summed E-state index contributed by atoms with van der Waals surface area (Å²) in [5, 5.41) is 57.9. The van der Waals surface area contributed by atoms with E-state index in [9.17, 15) is 30.6 Å². The lowest BCUT2D eigenvalue weighted by Crippen LogP contribution is -2.44. The normalized spacial score (nSPS) is 12.3. The third kappa shape index (κ3) is 39.6. The minimum absolute atomic E-state index is 0.127. The van der Waals surface area contributed by atoms with Crippen LogP contribution in [-0.2, 0) is 74.4 Å². The van der Waals surface area contributed by atoms with Gasteiger partial charge in [-0.1, -0.05) is 127 Å². The molecule has 8 aromatic rings. The quantitative estimate of drug-likeness (QED) is 0.0202. The molecule has 0 amide bonds. The number of phenolic OH excluding ortho intramolecular Hbond substituents is 4. The second kappa shape index (κ2) is 47.0. The summed E-state index contributed by atoms with van der Waals surface area (Å²) in [5.74, 6) is 2.67. The average Bonchev–Trinajstić information content (AvgIpc) is 0.874. The van der Waals surface area contributed by atoms with Crippen LogP contribution in [0.4, 0.5) is 0 Å². The number of hydrogen-bond donors (Lipinski definition) is 6. The van der Waals surface area contributed by atoms with Gasteiger partial charge in [0.15, 0.2) is 66.5 Å². The van der Waals surface area contributed by atoms with E-state index in [2.05, 4.69) is 199 Å². The third-order valence-corrected chi connectivity index (χ3v) is 51.9. The molecule has 19 heteroatoms. The van der Waals surface area contributed by atoms with Crippen molar-refractivity contribution in [2.45, 2.75) is 297 Å². The molecule has 6 N–H and O–H groups in total. The Morgan fingerprint density at radius 1 is 0.254 bits per heavy atom. The molecule has 8 rings (SSSR count). The Morgan fingerprint density at radius 3 is 0.877 bits per heavy atom. The minimum Gasteiger partial charge on any atom is -0.508 e. The SMILES string of the molecule is COc1cc(CCC[Si](C)(C)O[Si](C)(C)CCCc2ccc(O)c(CO)c2)ccc1C.C[Si](C)(CCCc1ccccc1O)O[Si](C)(C)CCCc1ccccc1O.Cc1ccc(CCC[Si](C)(C)O[Si](C)(C)CCCc2ccc(O)c(C)c2)cc1C.Cc1ccc(CCC[Si](C)(C)O[Si](C)(C)CCCc2ccc(O)cc2)cc1. The number of methoxy groups -OCH3 is 1. The Labute approximate surface area is 699 Å². The van der Waals surface area contributed by atoms with Gasteiger partial charge in [0.2, 0.25) is 0 Å². The highest BCUT2D eigenvalue weighted by atomic mass is 28.4. The second-order valence-corrected chi connectivity index (χ2v) is 72.6. The maximum Gasteiger partial charge on any atom is 0.173 e. The molecule has 0 aromatic heterocycles. The highest BCUT2D eigenvalue weighted by Gasteiger charge is 2.36. The number of ether oxygens (including phenoxy) is 1. The van der Waals surface area contributed by atoms with Crippen molar-refractivity contribution in [1.82, 2.24) is 0 Å². The summed E-state index contributed by atoms with van der Waals surface area (Å²) in [5.41, 5.74) is 16.9. The molecule has 0 spiro atoms. The van der Waals surface area contributed by atoms with Crippen molar-refractivity contribution < 1.29 is 51.8 Å². The van der Waals surface area contributed by atoms with Gasteiger partial charge in [-0.05, 0) is 406 Å². The predicted molar refractivity (Wildman–Crippen MR) is 505 cm³/mol. The van der Waals surface area contributed by atoms with E-state index in [0.29, 0.717) is 28.6 Å². The van der Waals surface area contributed by atoms with Crippen molar-refractivity contribution in [3.8, 4) is 34.5 Å². The fourth-order valence-corrected chi connectivity index (χ4v) is 51.2. The summed E-state index contributed by atoms with van der Waals surface area (Å²) in [6, 6.07) is 66.0. The van der Waals surface area contributed by atoms with Crippen molar-refractivity contribution >= 4 is 66.5 Å². The Bertz CT molecular complexity index is 3880. The van der Waals surface area contributed by atoms with Gasteiger partial charge in [0.05, 0.1) is 13.7 Å². The fraction of sp³-hybridized carbons (Fsp3) is 0.495. The lowest BCUT2D eigenvalue weighted by molar-refractivity contribution is 0.275. The van der Waals surface area contributed by atoms with Gasteiger partial charge >= 0.3 is 0 Å². The summed E-state index contributed by atoms with van der Waals surface area (Å²) in [6.07, 6.45) is 17.4. The van der Waals surface area contributed by atoms with Crippen molar-refractivity contribution in [2.75, 3.05) is 7.11 Å². The van der Waals surface area contributed by atoms with E-state index in [0.717, 1.165) is 142 Å². The predicted octanol–water partition coefficient (Wildman–Crippen LogP) is 26.3. The molecule has 0 heterocycles. The molecule has 114 heavy (non-hydrogen) atoms. The smallest absolute Gasteiger partial charge is 0.173 e. The molecule has 0 bridgehead atoms. The van der Waals surface area contributed by atoms with Gasteiger partial charge in [0.25, 0.3) is 0 Å². The van der Waals surface area contributed by atoms with E-state index in [1.807, 2.05) is 79.7 Å². The monoisotopic (exact) mass is 1690 g/mol. The van der Waals surface area contributed by atoms with Gasteiger partial charge in [-0.2, -0.15) is 0 Å². The Hall–Kier alpha value is -5.90. The maximum atomic E-state index is 9.91. The first-order valence-corrected chi connectivity index (χ1v) is 67.4.